The van der Waals surface area contributed by atoms with Gasteiger partial charge in [0, 0.05) is 28.0 Å². The Balaban J connectivity index is 2.06. The highest BCUT2D eigenvalue weighted by Crippen LogP contribution is 2.28. The van der Waals surface area contributed by atoms with Crippen LogP contribution in [0.25, 0.3) is 0 Å². The number of aliphatic hydroxyl groups excluding tert-OH is 1. The van der Waals surface area contributed by atoms with Crippen molar-refractivity contribution in [3.05, 3.63) is 31.9 Å². The number of thiazole rings is 1. The van der Waals surface area contributed by atoms with Crippen LogP contribution in [0.1, 0.15) is 22.8 Å². The Labute approximate surface area is 117 Å². The van der Waals surface area contributed by atoms with Crippen LogP contribution in [0.2, 0.25) is 0 Å². The lowest BCUT2D eigenvalue weighted by Crippen LogP contribution is -2.14. The summed E-state index contributed by atoms with van der Waals surface area (Å²) in [7, 11) is 2.01. The summed E-state index contributed by atoms with van der Waals surface area (Å²) < 4.78 is 1.12. The van der Waals surface area contributed by atoms with Gasteiger partial charge in [-0.1, -0.05) is 11.3 Å². The molecule has 0 bridgehead atoms. The normalized spacial score (nSPS) is 12.7. The van der Waals surface area contributed by atoms with Crippen LogP contribution in [0.3, 0.4) is 0 Å². The highest BCUT2D eigenvalue weighted by Gasteiger charge is 2.11. The van der Waals surface area contributed by atoms with Gasteiger partial charge in [-0.2, -0.15) is 0 Å². The molecular formula is C11H13BrN2OS2. The van der Waals surface area contributed by atoms with E-state index >= 15 is 0 Å². The maximum atomic E-state index is 9.46. The number of aliphatic hydroxyl groups is 1. The average molecular weight is 333 g/mol. The minimum absolute atomic E-state index is 0.439. The van der Waals surface area contributed by atoms with Crippen LogP contribution in [-0.2, 0) is 6.54 Å². The number of thiophene rings is 1. The minimum Gasteiger partial charge on any atom is -0.388 e. The maximum Gasteiger partial charge on any atom is 0.185 e. The van der Waals surface area contributed by atoms with Crippen molar-refractivity contribution >= 4 is 43.7 Å². The van der Waals surface area contributed by atoms with Gasteiger partial charge < -0.3 is 10.0 Å². The molecule has 1 N–H and O–H groups in total. The zero-order valence-electron chi connectivity index (χ0n) is 9.55. The predicted molar refractivity (Wildman–Crippen MR) is 76.9 cm³/mol. The Morgan fingerprint density at radius 3 is 2.88 bits per heavy atom. The van der Waals surface area contributed by atoms with Crippen LogP contribution in [0, 0.1) is 0 Å². The number of rotatable bonds is 4. The molecule has 92 valence electrons. The van der Waals surface area contributed by atoms with Gasteiger partial charge in [-0.3, -0.25) is 0 Å². The molecule has 17 heavy (non-hydrogen) atoms. The first kappa shape index (κ1) is 13.0. The van der Waals surface area contributed by atoms with Gasteiger partial charge in [0.25, 0.3) is 0 Å². The molecule has 2 rings (SSSR count). The van der Waals surface area contributed by atoms with Gasteiger partial charge in [0.1, 0.15) is 0 Å². The quantitative estimate of drug-likeness (QED) is 0.928. The van der Waals surface area contributed by atoms with E-state index in [1.165, 1.54) is 16.2 Å². The summed E-state index contributed by atoms with van der Waals surface area (Å²) in [5.74, 6) is 0. The molecule has 2 heterocycles. The van der Waals surface area contributed by atoms with Crippen molar-refractivity contribution in [1.82, 2.24) is 4.98 Å². The second kappa shape index (κ2) is 5.48. The SMILES string of the molecule is CC(O)c1cnc(N(C)Cc2cc(Br)cs2)s1. The Hall–Kier alpha value is -0.430. The average Bonchev–Trinajstić information content (AvgIpc) is 2.86. The molecule has 1 unspecified atom stereocenters. The molecular weight excluding hydrogens is 320 g/mol. The fourth-order valence-corrected chi connectivity index (χ4v) is 3.70. The molecule has 0 fully saturated rings. The Morgan fingerprint density at radius 1 is 1.59 bits per heavy atom. The van der Waals surface area contributed by atoms with Crippen LogP contribution in [0.5, 0.6) is 0 Å². The highest BCUT2D eigenvalue weighted by atomic mass is 79.9. The second-order valence-electron chi connectivity index (χ2n) is 3.81. The molecule has 0 saturated carbocycles. The van der Waals surface area contributed by atoms with E-state index in [4.69, 9.17) is 0 Å². The van der Waals surface area contributed by atoms with Gasteiger partial charge in [0.15, 0.2) is 5.13 Å². The van der Waals surface area contributed by atoms with Crippen LogP contribution in [0.4, 0.5) is 5.13 Å². The number of aromatic nitrogens is 1. The molecule has 0 aliphatic heterocycles. The first-order valence-electron chi connectivity index (χ1n) is 5.14. The summed E-state index contributed by atoms with van der Waals surface area (Å²) in [6, 6.07) is 2.12. The van der Waals surface area contributed by atoms with E-state index < -0.39 is 6.10 Å². The van der Waals surface area contributed by atoms with E-state index in [0.717, 1.165) is 21.0 Å². The van der Waals surface area contributed by atoms with Gasteiger partial charge in [0.2, 0.25) is 0 Å². The lowest BCUT2D eigenvalue weighted by Gasteiger charge is -2.14. The lowest BCUT2D eigenvalue weighted by atomic mass is 10.4. The topological polar surface area (TPSA) is 36.4 Å². The van der Waals surface area contributed by atoms with Crippen molar-refractivity contribution in [2.24, 2.45) is 0 Å². The first-order chi connectivity index (χ1) is 8.06. The van der Waals surface area contributed by atoms with Gasteiger partial charge in [0.05, 0.1) is 17.5 Å². The van der Waals surface area contributed by atoms with Gasteiger partial charge in [-0.05, 0) is 28.9 Å². The molecule has 0 aliphatic carbocycles. The van der Waals surface area contributed by atoms with Crippen molar-refractivity contribution in [3.63, 3.8) is 0 Å². The number of hydrogen-bond acceptors (Lipinski definition) is 5. The van der Waals surface area contributed by atoms with Crippen LogP contribution in [-0.4, -0.2) is 17.1 Å². The van der Waals surface area contributed by atoms with E-state index in [9.17, 15) is 5.11 Å². The summed E-state index contributed by atoms with van der Waals surface area (Å²) in [5.41, 5.74) is 0. The Bertz CT molecular complexity index is 495. The van der Waals surface area contributed by atoms with E-state index in [1.807, 2.05) is 7.05 Å². The largest absolute Gasteiger partial charge is 0.388 e. The first-order valence-corrected chi connectivity index (χ1v) is 7.63. The summed E-state index contributed by atoms with van der Waals surface area (Å²) in [4.78, 5) is 8.60. The van der Waals surface area contributed by atoms with E-state index in [0.29, 0.717) is 0 Å². The summed E-state index contributed by atoms with van der Waals surface area (Å²) in [5, 5.41) is 12.5. The summed E-state index contributed by atoms with van der Waals surface area (Å²) in [6.45, 7) is 2.59. The molecule has 2 aromatic heterocycles. The summed E-state index contributed by atoms with van der Waals surface area (Å²) in [6.07, 6.45) is 1.30. The zero-order chi connectivity index (χ0) is 12.4. The van der Waals surface area contributed by atoms with E-state index in [2.05, 4.69) is 37.3 Å². The van der Waals surface area contributed by atoms with Crippen LogP contribution < -0.4 is 4.90 Å². The third-order valence-electron chi connectivity index (χ3n) is 2.26. The monoisotopic (exact) mass is 332 g/mol. The van der Waals surface area contributed by atoms with Gasteiger partial charge >= 0.3 is 0 Å². The summed E-state index contributed by atoms with van der Waals surface area (Å²) >= 11 is 6.70. The van der Waals surface area contributed by atoms with Crippen LogP contribution in [0.15, 0.2) is 22.1 Å². The molecule has 0 aliphatic rings. The van der Waals surface area contributed by atoms with E-state index in [1.54, 1.807) is 24.5 Å². The highest BCUT2D eigenvalue weighted by molar-refractivity contribution is 9.10. The predicted octanol–water partition coefficient (Wildman–Crippen LogP) is 3.66. The van der Waals surface area contributed by atoms with Crippen molar-refractivity contribution in [3.8, 4) is 0 Å². The molecule has 0 aromatic carbocycles. The molecule has 6 heteroatoms. The third kappa shape index (κ3) is 3.28. The fraction of sp³-hybridized carbons (Fsp3) is 0.364. The number of anilines is 1. The molecule has 0 saturated heterocycles. The van der Waals surface area contributed by atoms with Gasteiger partial charge in [-0.25, -0.2) is 4.98 Å². The minimum atomic E-state index is -0.439. The molecule has 0 radical (unpaired) electrons. The molecule has 0 amide bonds. The Kier molecular flexibility index (Phi) is 4.19. The number of halogens is 1. The number of nitrogens with zero attached hydrogens (tertiary/aromatic N) is 2. The molecule has 0 spiro atoms. The standard InChI is InChI=1S/C11H13BrN2OS2/c1-7(15)10-4-13-11(17-10)14(2)5-9-3-8(12)6-16-9/h3-4,6-7,15H,5H2,1-2H3. The smallest absolute Gasteiger partial charge is 0.185 e. The second-order valence-corrected chi connectivity index (χ2v) is 6.76. The van der Waals surface area contributed by atoms with Gasteiger partial charge in [-0.15, -0.1) is 11.3 Å². The van der Waals surface area contributed by atoms with Crippen molar-refractivity contribution in [1.29, 1.82) is 0 Å². The Morgan fingerprint density at radius 2 is 2.35 bits per heavy atom. The molecule has 3 nitrogen and oxygen atoms in total. The van der Waals surface area contributed by atoms with Crippen molar-refractivity contribution in [2.75, 3.05) is 11.9 Å². The number of hydrogen-bond donors (Lipinski definition) is 1. The zero-order valence-corrected chi connectivity index (χ0v) is 12.8. The van der Waals surface area contributed by atoms with Crippen LogP contribution >= 0.6 is 38.6 Å². The van der Waals surface area contributed by atoms with E-state index in [-0.39, 0.29) is 0 Å². The lowest BCUT2D eigenvalue weighted by molar-refractivity contribution is 0.203. The fourth-order valence-electron chi connectivity index (χ4n) is 1.38. The maximum absolute atomic E-state index is 9.46. The third-order valence-corrected chi connectivity index (χ3v) is 5.23. The molecule has 1 atom stereocenters. The van der Waals surface area contributed by atoms with Crippen molar-refractivity contribution < 1.29 is 5.11 Å². The van der Waals surface area contributed by atoms with Crippen molar-refractivity contribution in [2.45, 2.75) is 19.6 Å². The molecule has 2 aromatic rings.